The third-order valence-corrected chi connectivity index (χ3v) is 7.17. The van der Waals surface area contributed by atoms with E-state index in [1.165, 1.54) is 16.8 Å². The second-order valence-corrected chi connectivity index (χ2v) is 9.56. The molecule has 1 fully saturated rings. The largest absolute Gasteiger partial charge is 0.325 e. The summed E-state index contributed by atoms with van der Waals surface area (Å²) < 4.78 is 14.6. The van der Waals surface area contributed by atoms with E-state index in [2.05, 4.69) is 59.5 Å². The second kappa shape index (κ2) is 7.57. The van der Waals surface area contributed by atoms with Crippen LogP contribution < -0.4 is 15.5 Å². The molecule has 0 saturated carbocycles. The van der Waals surface area contributed by atoms with Gasteiger partial charge >= 0.3 is 0 Å². The third kappa shape index (κ3) is 3.12. The van der Waals surface area contributed by atoms with Gasteiger partial charge in [-0.15, -0.1) is 0 Å². The van der Waals surface area contributed by atoms with Crippen molar-refractivity contribution >= 4 is 11.5 Å². The van der Waals surface area contributed by atoms with Crippen molar-refractivity contribution in [1.29, 1.82) is 0 Å². The third-order valence-electron chi connectivity index (χ3n) is 7.17. The maximum Gasteiger partial charge on any atom is 0.143 e. The van der Waals surface area contributed by atoms with Crippen LogP contribution in [0.2, 0.25) is 0 Å². The van der Waals surface area contributed by atoms with Crippen LogP contribution in [0.1, 0.15) is 74.5 Å². The highest BCUT2D eigenvalue weighted by atomic mass is 19.1. The predicted octanol–water partition coefficient (Wildman–Crippen LogP) is 4.27. The highest BCUT2D eigenvalue weighted by Gasteiger charge is 2.47. The molecule has 160 valence electrons. The number of alkyl halides is 1. The van der Waals surface area contributed by atoms with Crippen LogP contribution in [0.15, 0.2) is 24.5 Å². The van der Waals surface area contributed by atoms with Crippen LogP contribution in [-0.2, 0) is 12.0 Å². The number of aromatic nitrogens is 2. The van der Waals surface area contributed by atoms with Gasteiger partial charge in [0, 0.05) is 35.8 Å². The van der Waals surface area contributed by atoms with Crippen LogP contribution in [0.5, 0.6) is 0 Å². The topological polar surface area (TPSA) is 53.1 Å². The Balaban J connectivity index is 1.64. The summed E-state index contributed by atoms with van der Waals surface area (Å²) in [4.78, 5) is 11.4. The van der Waals surface area contributed by atoms with Crippen molar-refractivity contribution in [2.75, 3.05) is 24.5 Å². The zero-order valence-electron chi connectivity index (χ0n) is 18.2. The van der Waals surface area contributed by atoms with Crippen molar-refractivity contribution in [3.63, 3.8) is 0 Å². The number of nitrogens with one attached hydrogen (secondary N) is 2. The minimum atomic E-state index is -0.978. The molecular formula is C24H32FN5. The monoisotopic (exact) mass is 409 g/mol. The van der Waals surface area contributed by atoms with E-state index in [0.717, 1.165) is 50.4 Å². The highest BCUT2D eigenvalue weighted by Crippen LogP contribution is 2.53. The molecule has 0 radical (unpaired) electrons. The van der Waals surface area contributed by atoms with Gasteiger partial charge in [0.05, 0.1) is 5.69 Å². The molecule has 1 saturated heterocycles. The molecule has 2 aromatic rings. The van der Waals surface area contributed by atoms with Gasteiger partial charge in [-0.2, -0.15) is 0 Å². The maximum absolute atomic E-state index is 14.6. The summed E-state index contributed by atoms with van der Waals surface area (Å²) in [5.74, 6) is 1.06. The van der Waals surface area contributed by atoms with E-state index < -0.39 is 6.17 Å². The van der Waals surface area contributed by atoms with Gasteiger partial charge in [0.1, 0.15) is 18.3 Å². The smallest absolute Gasteiger partial charge is 0.143 e. The van der Waals surface area contributed by atoms with Crippen LogP contribution >= 0.6 is 0 Å². The van der Waals surface area contributed by atoms with Gasteiger partial charge in [0.25, 0.3) is 0 Å². The fourth-order valence-corrected chi connectivity index (χ4v) is 5.73. The van der Waals surface area contributed by atoms with Crippen LogP contribution in [0, 0.1) is 0 Å². The lowest BCUT2D eigenvalue weighted by Gasteiger charge is -2.36. The number of rotatable bonds is 4. The first-order valence-corrected chi connectivity index (χ1v) is 11.3. The van der Waals surface area contributed by atoms with Crippen molar-refractivity contribution in [1.82, 2.24) is 20.6 Å². The lowest BCUT2D eigenvalue weighted by molar-refractivity contribution is 0.326. The molecule has 0 amide bonds. The number of benzene rings is 1. The number of hydrogen-bond donors (Lipinski definition) is 2. The molecule has 6 heteroatoms. The Morgan fingerprint density at radius 2 is 2.07 bits per heavy atom. The summed E-state index contributed by atoms with van der Waals surface area (Å²) in [7, 11) is 0. The number of piperidine rings is 1. The molecular weight excluding hydrogens is 377 g/mol. The number of anilines is 2. The van der Waals surface area contributed by atoms with Gasteiger partial charge in [0.2, 0.25) is 0 Å². The zero-order chi connectivity index (χ0) is 20.9. The van der Waals surface area contributed by atoms with E-state index in [-0.39, 0.29) is 11.3 Å². The van der Waals surface area contributed by atoms with Gasteiger partial charge in [-0.3, -0.25) is 0 Å². The lowest BCUT2D eigenvalue weighted by Crippen LogP contribution is -2.43. The van der Waals surface area contributed by atoms with Gasteiger partial charge in [0.15, 0.2) is 0 Å². The molecule has 1 aromatic heterocycles. The minimum Gasteiger partial charge on any atom is -0.325 e. The molecule has 1 spiro atoms. The van der Waals surface area contributed by atoms with Crippen molar-refractivity contribution in [2.45, 2.75) is 70.1 Å². The summed E-state index contributed by atoms with van der Waals surface area (Å²) in [6.07, 6.45) is 3.31. The Kier molecular flexibility index (Phi) is 5.02. The minimum absolute atomic E-state index is 0.116. The number of halogens is 1. The molecule has 0 bridgehead atoms. The second-order valence-electron chi connectivity index (χ2n) is 9.56. The molecule has 2 aliphatic heterocycles. The molecule has 2 N–H and O–H groups in total. The first kappa shape index (κ1) is 19.9. The SMILES string of the molecule is CC(C)NCc1cccc2c1C1(CCNCC1)CN2c1ncnc2c1[C@H](C)C[C@@H]2F. The molecule has 5 nitrogen and oxygen atoms in total. The van der Waals surface area contributed by atoms with Crippen molar-refractivity contribution in [3.8, 4) is 0 Å². The van der Waals surface area contributed by atoms with E-state index in [4.69, 9.17) is 4.98 Å². The normalized spacial score (nSPS) is 24.5. The lowest BCUT2D eigenvalue weighted by atomic mass is 9.73. The van der Waals surface area contributed by atoms with E-state index >= 15 is 0 Å². The van der Waals surface area contributed by atoms with Crippen molar-refractivity contribution < 1.29 is 4.39 Å². The first-order chi connectivity index (χ1) is 14.5. The number of nitrogens with zero attached hydrogens (tertiary/aromatic N) is 3. The molecule has 0 unspecified atom stereocenters. The fourth-order valence-electron chi connectivity index (χ4n) is 5.73. The molecule has 3 aliphatic rings. The van der Waals surface area contributed by atoms with Crippen LogP contribution in [0.4, 0.5) is 15.9 Å². The molecule has 1 aromatic carbocycles. The first-order valence-electron chi connectivity index (χ1n) is 11.3. The Morgan fingerprint density at radius 3 is 2.83 bits per heavy atom. The van der Waals surface area contributed by atoms with E-state index in [1.807, 2.05) is 0 Å². The molecule has 2 atom stereocenters. The zero-order valence-corrected chi connectivity index (χ0v) is 18.2. The van der Waals surface area contributed by atoms with Gasteiger partial charge in [-0.25, -0.2) is 14.4 Å². The Labute approximate surface area is 178 Å². The molecule has 1 aliphatic carbocycles. The average Bonchev–Trinajstić information content (AvgIpc) is 3.22. The van der Waals surface area contributed by atoms with Crippen molar-refractivity contribution in [2.24, 2.45) is 0 Å². The van der Waals surface area contributed by atoms with E-state index in [9.17, 15) is 4.39 Å². The van der Waals surface area contributed by atoms with Gasteiger partial charge in [-0.05, 0) is 55.5 Å². The van der Waals surface area contributed by atoms with Crippen LogP contribution in [0.3, 0.4) is 0 Å². The van der Waals surface area contributed by atoms with Gasteiger partial charge < -0.3 is 15.5 Å². The summed E-state index contributed by atoms with van der Waals surface area (Å²) in [6.45, 7) is 10.3. The van der Waals surface area contributed by atoms with Crippen molar-refractivity contribution in [3.05, 3.63) is 46.9 Å². The molecule has 3 heterocycles. The molecule has 30 heavy (non-hydrogen) atoms. The number of fused-ring (bicyclic) bond motifs is 3. The van der Waals surface area contributed by atoms with E-state index in [0.29, 0.717) is 18.2 Å². The average molecular weight is 410 g/mol. The quantitative estimate of drug-likeness (QED) is 0.790. The maximum atomic E-state index is 14.6. The van der Waals surface area contributed by atoms with E-state index in [1.54, 1.807) is 6.33 Å². The standard InChI is InChI=1S/C24H32FN5/c1-15(2)27-12-17-5-4-6-19-21(17)24(7-9-26-10-8-24)13-30(19)23-20-16(3)11-18(25)22(20)28-14-29-23/h4-6,14-16,18,26-27H,7-13H2,1-3H3/t16-,18+/m1/s1. The Bertz CT molecular complexity index is 937. The van der Waals surface area contributed by atoms with Crippen LogP contribution in [0.25, 0.3) is 0 Å². The van der Waals surface area contributed by atoms with Crippen LogP contribution in [-0.4, -0.2) is 35.6 Å². The highest BCUT2D eigenvalue weighted by molar-refractivity contribution is 5.75. The Morgan fingerprint density at radius 1 is 1.27 bits per heavy atom. The summed E-state index contributed by atoms with van der Waals surface area (Å²) in [5.41, 5.74) is 5.81. The number of hydrogen-bond acceptors (Lipinski definition) is 5. The van der Waals surface area contributed by atoms with Gasteiger partial charge in [-0.1, -0.05) is 32.9 Å². The summed E-state index contributed by atoms with van der Waals surface area (Å²) >= 11 is 0. The Hall–Kier alpha value is -2.05. The summed E-state index contributed by atoms with van der Waals surface area (Å²) in [5, 5.41) is 7.15. The fraction of sp³-hybridized carbons (Fsp3) is 0.583. The predicted molar refractivity (Wildman–Crippen MR) is 118 cm³/mol. The molecule has 5 rings (SSSR count). The summed E-state index contributed by atoms with van der Waals surface area (Å²) in [6, 6.07) is 7.10.